The van der Waals surface area contributed by atoms with Crippen LogP contribution in [0.25, 0.3) is 0 Å². The van der Waals surface area contributed by atoms with E-state index in [0.29, 0.717) is 0 Å². The summed E-state index contributed by atoms with van der Waals surface area (Å²) in [6, 6.07) is 0. The van der Waals surface area contributed by atoms with Gasteiger partial charge < -0.3 is 9.16 Å². The molecule has 106 valence electrons. The summed E-state index contributed by atoms with van der Waals surface area (Å²) in [4.78, 5) is 11.4. The second-order valence-electron chi connectivity index (χ2n) is 6.38. The molecular formula is C14H28O3Si. The Labute approximate surface area is 113 Å². The van der Waals surface area contributed by atoms with Crippen LogP contribution in [0.3, 0.4) is 0 Å². The van der Waals surface area contributed by atoms with E-state index in [1.807, 2.05) is 19.9 Å². The highest BCUT2D eigenvalue weighted by atomic mass is 28.4. The summed E-state index contributed by atoms with van der Waals surface area (Å²) < 4.78 is 10.7. The van der Waals surface area contributed by atoms with E-state index in [4.69, 9.17) is 9.16 Å². The van der Waals surface area contributed by atoms with Gasteiger partial charge in [0.15, 0.2) is 0 Å². The highest BCUT2D eigenvalue weighted by molar-refractivity contribution is 6.74. The first kappa shape index (κ1) is 17.2. The number of methoxy groups -OCH3 is 1. The molecule has 0 aliphatic heterocycles. The van der Waals surface area contributed by atoms with Crippen molar-refractivity contribution in [1.29, 1.82) is 0 Å². The van der Waals surface area contributed by atoms with Crippen molar-refractivity contribution in [2.45, 2.75) is 52.8 Å². The van der Waals surface area contributed by atoms with Crippen LogP contribution in [0.5, 0.6) is 0 Å². The number of carbonyl (C=O) groups excluding carboxylic acids is 1. The smallest absolute Gasteiger partial charge is 0.308 e. The molecule has 2 atom stereocenters. The maximum atomic E-state index is 11.4. The molecule has 0 aromatic rings. The Morgan fingerprint density at radius 3 is 2.11 bits per heavy atom. The Balaban J connectivity index is 4.46. The largest absolute Gasteiger partial charge is 0.549 e. The summed E-state index contributed by atoms with van der Waals surface area (Å²) in [6.07, 6.45) is 3.71. The van der Waals surface area contributed by atoms with E-state index in [0.717, 1.165) is 0 Å². The predicted octanol–water partition coefficient (Wildman–Crippen LogP) is 3.97. The summed E-state index contributed by atoms with van der Waals surface area (Å²) in [5, 5.41) is 0.189. The normalized spacial score (nSPS) is 16.4. The molecule has 0 unspecified atom stereocenters. The lowest BCUT2D eigenvalue weighted by atomic mass is 9.96. The monoisotopic (exact) mass is 272 g/mol. The zero-order valence-electron chi connectivity index (χ0n) is 13.0. The standard InChI is InChI=1S/C14H28O3Si/c1-11(12(2)13(15)16-6)9-10-17-18(7,8)14(3,4)5/h9-12H,1-8H3/b10-9-/t11-,12+/m1/s1. The molecule has 0 saturated heterocycles. The maximum Gasteiger partial charge on any atom is 0.308 e. The average Bonchev–Trinajstić information content (AvgIpc) is 2.24. The summed E-state index contributed by atoms with van der Waals surface area (Å²) in [5.41, 5.74) is 0. The Morgan fingerprint density at radius 1 is 1.22 bits per heavy atom. The van der Waals surface area contributed by atoms with Crippen molar-refractivity contribution in [3.8, 4) is 0 Å². The van der Waals surface area contributed by atoms with E-state index in [-0.39, 0.29) is 22.8 Å². The van der Waals surface area contributed by atoms with Gasteiger partial charge in [-0.2, -0.15) is 0 Å². The van der Waals surface area contributed by atoms with Crippen molar-refractivity contribution in [3.05, 3.63) is 12.3 Å². The summed E-state index contributed by atoms with van der Waals surface area (Å²) >= 11 is 0. The molecule has 18 heavy (non-hydrogen) atoms. The van der Waals surface area contributed by atoms with Crippen molar-refractivity contribution in [3.63, 3.8) is 0 Å². The van der Waals surface area contributed by atoms with Gasteiger partial charge in [-0.25, -0.2) is 0 Å². The lowest BCUT2D eigenvalue weighted by Crippen LogP contribution is -2.39. The van der Waals surface area contributed by atoms with Gasteiger partial charge in [0.05, 0.1) is 19.3 Å². The highest BCUT2D eigenvalue weighted by Crippen LogP contribution is 2.36. The molecule has 0 spiro atoms. The van der Waals surface area contributed by atoms with Gasteiger partial charge in [-0.1, -0.05) is 34.6 Å². The second-order valence-corrected chi connectivity index (χ2v) is 11.1. The highest BCUT2D eigenvalue weighted by Gasteiger charge is 2.38. The van der Waals surface area contributed by atoms with Gasteiger partial charge in [0.2, 0.25) is 8.32 Å². The number of hydrogen-bond acceptors (Lipinski definition) is 3. The van der Waals surface area contributed by atoms with E-state index in [1.165, 1.54) is 7.11 Å². The van der Waals surface area contributed by atoms with Gasteiger partial charge in [-0.3, -0.25) is 4.79 Å². The number of rotatable bonds is 5. The molecule has 0 aliphatic carbocycles. The fourth-order valence-electron chi connectivity index (χ4n) is 1.08. The first-order valence-electron chi connectivity index (χ1n) is 6.45. The molecule has 4 heteroatoms. The zero-order chi connectivity index (χ0) is 14.6. The number of esters is 1. The maximum absolute atomic E-state index is 11.4. The van der Waals surface area contributed by atoms with Crippen LogP contribution in [-0.2, 0) is 14.0 Å². The molecule has 0 aliphatic rings. The fourth-order valence-corrected chi connectivity index (χ4v) is 1.85. The fraction of sp³-hybridized carbons (Fsp3) is 0.786. The second kappa shape index (κ2) is 6.41. The molecular weight excluding hydrogens is 244 g/mol. The zero-order valence-corrected chi connectivity index (χ0v) is 14.0. The molecule has 0 bridgehead atoms. The van der Waals surface area contributed by atoms with E-state index in [9.17, 15) is 4.79 Å². The summed E-state index contributed by atoms with van der Waals surface area (Å²) in [5.74, 6) is -0.212. The van der Waals surface area contributed by atoms with Crippen LogP contribution in [0.1, 0.15) is 34.6 Å². The SMILES string of the molecule is COC(=O)[C@@H](C)[C@H](C)/C=C\O[Si](C)(C)C(C)(C)C. The Kier molecular flexibility index (Phi) is 6.13. The molecule has 0 rings (SSSR count). The van der Waals surface area contributed by atoms with Gasteiger partial charge >= 0.3 is 5.97 Å². The van der Waals surface area contributed by atoms with Crippen LogP contribution in [0.2, 0.25) is 18.1 Å². The van der Waals surface area contributed by atoms with Crippen molar-refractivity contribution < 1.29 is 14.0 Å². The molecule has 3 nitrogen and oxygen atoms in total. The Morgan fingerprint density at radius 2 is 1.72 bits per heavy atom. The van der Waals surface area contributed by atoms with Crippen molar-refractivity contribution in [1.82, 2.24) is 0 Å². The van der Waals surface area contributed by atoms with Crippen LogP contribution in [0.15, 0.2) is 12.3 Å². The molecule has 0 heterocycles. The number of hydrogen-bond donors (Lipinski definition) is 0. The molecule has 0 N–H and O–H groups in total. The number of allylic oxidation sites excluding steroid dienone is 1. The van der Waals surface area contributed by atoms with Crippen LogP contribution in [-0.4, -0.2) is 21.4 Å². The third kappa shape index (κ3) is 4.84. The van der Waals surface area contributed by atoms with E-state index in [2.05, 4.69) is 33.9 Å². The van der Waals surface area contributed by atoms with Crippen LogP contribution in [0.4, 0.5) is 0 Å². The van der Waals surface area contributed by atoms with E-state index < -0.39 is 8.32 Å². The van der Waals surface area contributed by atoms with Gasteiger partial charge in [0.1, 0.15) is 0 Å². The predicted molar refractivity (Wildman–Crippen MR) is 77.8 cm³/mol. The quantitative estimate of drug-likeness (QED) is 0.431. The van der Waals surface area contributed by atoms with Crippen molar-refractivity contribution >= 4 is 14.3 Å². The first-order chi connectivity index (χ1) is 8.03. The van der Waals surface area contributed by atoms with Gasteiger partial charge in [-0.15, -0.1) is 0 Å². The lowest BCUT2D eigenvalue weighted by molar-refractivity contribution is -0.145. The van der Waals surface area contributed by atoms with Gasteiger partial charge in [0.25, 0.3) is 0 Å². The topological polar surface area (TPSA) is 35.5 Å². The number of ether oxygens (including phenoxy) is 1. The van der Waals surface area contributed by atoms with Crippen molar-refractivity contribution in [2.24, 2.45) is 11.8 Å². The first-order valence-corrected chi connectivity index (χ1v) is 9.36. The van der Waals surface area contributed by atoms with Gasteiger partial charge in [0, 0.05) is 0 Å². The molecule has 0 fully saturated rings. The Bertz CT molecular complexity index is 303. The molecule has 0 amide bonds. The average molecular weight is 272 g/mol. The van der Waals surface area contributed by atoms with Crippen LogP contribution < -0.4 is 0 Å². The van der Waals surface area contributed by atoms with Crippen LogP contribution in [0, 0.1) is 11.8 Å². The Hall–Kier alpha value is -0.773. The molecule has 0 aromatic carbocycles. The molecule has 0 radical (unpaired) electrons. The minimum Gasteiger partial charge on any atom is -0.549 e. The minimum atomic E-state index is -1.74. The summed E-state index contributed by atoms with van der Waals surface area (Å²) in [7, 11) is -0.327. The summed E-state index contributed by atoms with van der Waals surface area (Å²) in [6.45, 7) is 14.9. The van der Waals surface area contributed by atoms with Crippen LogP contribution >= 0.6 is 0 Å². The number of carbonyl (C=O) groups is 1. The minimum absolute atomic E-state index is 0.113. The van der Waals surface area contributed by atoms with Crippen molar-refractivity contribution in [2.75, 3.05) is 7.11 Å². The molecule has 0 aromatic heterocycles. The third-order valence-corrected chi connectivity index (χ3v) is 8.25. The third-order valence-electron chi connectivity index (χ3n) is 3.91. The van der Waals surface area contributed by atoms with E-state index in [1.54, 1.807) is 6.26 Å². The molecule has 0 saturated carbocycles. The van der Waals surface area contributed by atoms with Gasteiger partial charge in [-0.05, 0) is 30.1 Å². The lowest BCUT2D eigenvalue weighted by Gasteiger charge is -2.35. The van der Waals surface area contributed by atoms with E-state index >= 15 is 0 Å².